The van der Waals surface area contributed by atoms with Crippen molar-refractivity contribution in [2.24, 2.45) is 9.98 Å². The van der Waals surface area contributed by atoms with E-state index < -0.39 is 0 Å². The molecule has 0 radical (unpaired) electrons. The molecule has 0 N–H and O–H groups in total. The highest BCUT2D eigenvalue weighted by Crippen LogP contribution is 2.22. The largest absolute Gasteiger partial charge is 0.261 e. The van der Waals surface area contributed by atoms with Gasteiger partial charge in [0.25, 0.3) is 0 Å². The first kappa shape index (κ1) is 9.36. The van der Waals surface area contributed by atoms with Gasteiger partial charge in [0.2, 0.25) is 5.69 Å². The van der Waals surface area contributed by atoms with E-state index in [9.17, 15) is 0 Å². The number of benzene rings is 1. The molecule has 0 atom stereocenters. The van der Waals surface area contributed by atoms with Gasteiger partial charge in [-0.15, -0.1) is 0 Å². The average molecular weight is 196 g/mol. The van der Waals surface area contributed by atoms with Crippen LogP contribution in [0.3, 0.4) is 0 Å². The molecular formula is C11H8N4. The van der Waals surface area contributed by atoms with Crippen LogP contribution in [0, 0.1) is 31.8 Å². The van der Waals surface area contributed by atoms with Crippen LogP contribution < -0.4 is 10.7 Å². The minimum absolute atomic E-state index is 0.406. The fourth-order valence-corrected chi connectivity index (χ4v) is 1.79. The van der Waals surface area contributed by atoms with E-state index in [-0.39, 0.29) is 0 Å². The monoisotopic (exact) mass is 196 g/mol. The maximum Gasteiger partial charge on any atom is 0.210 e. The van der Waals surface area contributed by atoms with E-state index in [0.717, 1.165) is 21.8 Å². The number of rotatable bonds is 0. The van der Waals surface area contributed by atoms with Crippen molar-refractivity contribution in [1.29, 1.82) is 5.26 Å². The third-order valence-electron chi connectivity index (χ3n) is 2.58. The van der Waals surface area contributed by atoms with Crippen LogP contribution in [0.2, 0.25) is 0 Å². The minimum Gasteiger partial charge on any atom is -0.261 e. The summed E-state index contributed by atoms with van der Waals surface area (Å²) < 4.78 is 0. The Morgan fingerprint density at radius 1 is 1.27 bits per heavy atom. The van der Waals surface area contributed by atoms with Crippen LogP contribution in [0.25, 0.3) is 4.85 Å². The first-order valence-corrected chi connectivity index (χ1v) is 4.50. The zero-order chi connectivity index (χ0) is 11.0. The van der Waals surface area contributed by atoms with Crippen LogP contribution in [0.15, 0.2) is 9.98 Å². The standard InChI is InChI=1S/C11H8N4/c1-6-8(4-12)9(13-3)7(2)11-10(6)14-5-15-11/h5H2,1-2H3. The van der Waals surface area contributed by atoms with Crippen molar-refractivity contribution in [1.82, 2.24) is 0 Å². The van der Waals surface area contributed by atoms with Crippen LogP contribution >= 0.6 is 0 Å². The summed E-state index contributed by atoms with van der Waals surface area (Å²) in [6, 6.07) is 2.07. The number of fused-ring (bicyclic) bond motifs is 1. The molecule has 0 fully saturated rings. The van der Waals surface area contributed by atoms with Gasteiger partial charge >= 0.3 is 0 Å². The van der Waals surface area contributed by atoms with Gasteiger partial charge in [0.1, 0.15) is 6.67 Å². The summed E-state index contributed by atoms with van der Waals surface area (Å²) in [6.45, 7) is 11.1. The molecule has 0 saturated heterocycles. The molecule has 1 heterocycles. The predicted octanol–water partition coefficient (Wildman–Crippen LogP) is 0.936. The number of nitrogens with zero attached hydrogens (tertiary/aromatic N) is 4. The zero-order valence-electron chi connectivity index (χ0n) is 8.50. The topological polar surface area (TPSA) is 52.9 Å². The third-order valence-corrected chi connectivity index (χ3v) is 2.58. The van der Waals surface area contributed by atoms with Crippen LogP contribution in [0.4, 0.5) is 5.69 Å². The summed E-state index contributed by atoms with van der Waals surface area (Å²) in [7, 11) is 0. The molecule has 1 aliphatic heterocycles. The van der Waals surface area contributed by atoms with Crippen molar-refractivity contribution in [2.75, 3.05) is 6.67 Å². The van der Waals surface area contributed by atoms with E-state index >= 15 is 0 Å². The lowest BCUT2D eigenvalue weighted by atomic mass is 10.0. The van der Waals surface area contributed by atoms with Gasteiger partial charge in [0, 0.05) is 0 Å². The molecule has 0 bridgehead atoms. The summed E-state index contributed by atoms with van der Waals surface area (Å²) in [4.78, 5) is 11.9. The summed E-state index contributed by atoms with van der Waals surface area (Å²) in [5.74, 6) is 0. The van der Waals surface area contributed by atoms with Crippen molar-refractivity contribution in [3.05, 3.63) is 38.8 Å². The Labute approximate surface area is 87.0 Å². The molecule has 0 unspecified atom stereocenters. The third kappa shape index (κ3) is 1.12. The van der Waals surface area contributed by atoms with Gasteiger partial charge in [-0.1, -0.05) is 0 Å². The summed E-state index contributed by atoms with van der Waals surface area (Å²) >= 11 is 0. The van der Waals surface area contributed by atoms with Crippen molar-refractivity contribution in [2.45, 2.75) is 13.8 Å². The maximum absolute atomic E-state index is 9.02. The summed E-state index contributed by atoms with van der Waals surface area (Å²) in [5.41, 5.74) is 2.38. The molecule has 72 valence electrons. The van der Waals surface area contributed by atoms with E-state index in [2.05, 4.69) is 20.9 Å². The smallest absolute Gasteiger partial charge is 0.210 e. The molecular weight excluding hydrogens is 188 g/mol. The van der Waals surface area contributed by atoms with Crippen LogP contribution in [0.5, 0.6) is 0 Å². The lowest BCUT2D eigenvalue weighted by Crippen LogP contribution is -2.28. The molecule has 1 aromatic rings. The first-order valence-electron chi connectivity index (χ1n) is 4.50. The van der Waals surface area contributed by atoms with E-state index in [1.54, 1.807) is 0 Å². The Kier molecular flexibility index (Phi) is 1.98. The van der Waals surface area contributed by atoms with Gasteiger partial charge in [-0.3, -0.25) is 9.98 Å². The van der Waals surface area contributed by atoms with Crippen molar-refractivity contribution in [3.63, 3.8) is 0 Å². The molecule has 0 aliphatic carbocycles. The number of hydrogen-bond donors (Lipinski definition) is 0. The lowest BCUT2D eigenvalue weighted by molar-refractivity contribution is 1.05. The van der Waals surface area contributed by atoms with Crippen LogP contribution in [0.1, 0.15) is 16.7 Å². The van der Waals surface area contributed by atoms with Crippen LogP contribution in [-0.4, -0.2) is 6.67 Å². The van der Waals surface area contributed by atoms with Gasteiger partial charge in [0.15, 0.2) is 0 Å². The molecule has 0 aromatic heterocycles. The summed E-state index contributed by atoms with van der Waals surface area (Å²) in [5, 5.41) is 10.6. The Morgan fingerprint density at radius 2 is 1.87 bits per heavy atom. The second-order valence-electron chi connectivity index (χ2n) is 3.35. The number of nitriles is 1. The second-order valence-corrected chi connectivity index (χ2v) is 3.35. The normalized spacial score (nSPS) is 12.0. The van der Waals surface area contributed by atoms with Gasteiger partial charge in [0.05, 0.1) is 28.9 Å². The Morgan fingerprint density at radius 3 is 2.40 bits per heavy atom. The SMILES string of the molecule is [C-]#[N+]c1c(C#N)c(C)c2c(c1C)=NCN=2. The number of hydrogen-bond acceptors (Lipinski definition) is 3. The minimum atomic E-state index is 0.406. The second kappa shape index (κ2) is 3.18. The highest BCUT2D eigenvalue weighted by Gasteiger charge is 2.15. The van der Waals surface area contributed by atoms with E-state index in [4.69, 9.17) is 11.8 Å². The highest BCUT2D eigenvalue weighted by molar-refractivity contribution is 5.65. The highest BCUT2D eigenvalue weighted by atomic mass is 15.0. The van der Waals surface area contributed by atoms with E-state index in [0.29, 0.717) is 17.9 Å². The quantitative estimate of drug-likeness (QED) is 0.569. The van der Waals surface area contributed by atoms with Gasteiger partial charge in [-0.25, -0.2) is 4.85 Å². The Bertz CT molecular complexity index is 584. The Hall–Kier alpha value is -2.20. The summed E-state index contributed by atoms with van der Waals surface area (Å²) in [6.07, 6.45) is 0. The average Bonchev–Trinajstić information content (AvgIpc) is 2.72. The zero-order valence-corrected chi connectivity index (χ0v) is 8.50. The molecule has 0 spiro atoms. The molecule has 1 aromatic carbocycles. The van der Waals surface area contributed by atoms with Gasteiger partial charge < -0.3 is 0 Å². The van der Waals surface area contributed by atoms with Crippen LogP contribution in [-0.2, 0) is 0 Å². The molecule has 2 rings (SSSR count). The molecule has 0 amide bonds. The van der Waals surface area contributed by atoms with E-state index in [1.807, 2.05) is 13.8 Å². The molecule has 4 heteroatoms. The fraction of sp³-hybridized carbons (Fsp3) is 0.273. The van der Waals surface area contributed by atoms with Crippen molar-refractivity contribution in [3.8, 4) is 6.07 Å². The van der Waals surface area contributed by atoms with Gasteiger partial charge in [-0.2, -0.15) is 5.26 Å². The maximum atomic E-state index is 9.02. The Balaban J connectivity index is 3.09. The van der Waals surface area contributed by atoms with Crippen molar-refractivity contribution >= 4 is 5.69 Å². The molecule has 15 heavy (non-hydrogen) atoms. The lowest BCUT2D eigenvalue weighted by Gasteiger charge is -2.03. The van der Waals surface area contributed by atoms with Crippen molar-refractivity contribution < 1.29 is 0 Å². The van der Waals surface area contributed by atoms with E-state index in [1.165, 1.54) is 0 Å². The fourth-order valence-electron chi connectivity index (χ4n) is 1.79. The molecule has 0 saturated carbocycles. The first-order chi connectivity index (χ1) is 7.20. The predicted molar refractivity (Wildman–Crippen MR) is 54.1 cm³/mol. The molecule has 4 nitrogen and oxygen atoms in total. The van der Waals surface area contributed by atoms with Gasteiger partial charge in [-0.05, 0) is 25.0 Å². The molecule has 1 aliphatic rings.